The van der Waals surface area contributed by atoms with Crippen molar-refractivity contribution in [2.75, 3.05) is 7.11 Å². The normalized spacial score (nSPS) is 17.5. The van der Waals surface area contributed by atoms with Gasteiger partial charge < -0.3 is 10.5 Å². The first-order valence-corrected chi connectivity index (χ1v) is 5.42. The second-order valence-corrected chi connectivity index (χ2v) is 4.44. The lowest BCUT2D eigenvalue weighted by atomic mass is 10.0. The summed E-state index contributed by atoms with van der Waals surface area (Å²) in [6.45, 7) is 2.02. The fraction of sp³-hybridized carbons (Fsp3) is 0.583. The van der Waals surface area contributed by atoms with Crippen LogP contribution in [0.5, 0.6) is 5.75 Å². The zero-order valence-electron chi connectivity index (χ0n) is 9.42. The summed E-state index contributed by atoms with van der Waals surface area (Å²) in [6, 6.07) is 1.92. The minimum absolute atomic E-state index is 0.104. The molecule has 0 bridgehead atoms. The molecule has 1 aliphatic rings. The Morgan fingerprint density at radius 2 is 2.27 bits per heavy atom. The van der Waals surface area contributed by atoms with Crippen molar-refractivity contribution in [1.82, 2.24) is 4.98 Å². The molecule has 0 aliphatic heterocycles. The lowest BCUT2D eigenvalue weighted by molar-refractivity contribution is 0.406. The molecule has 1 aromatic heterocycles. The molecule has 2 N–H and O–H groups in total. The number of hydrogen-bond donors (Lipinski definition) is 1. The first kappa shape index (κ1) is 10.4. The summed E-state index contributed by atoms with van der Waals surface area (Å²) in [5.41, 5.74) is 8.44. The van der Waals surface area contributed by atoms with Gasteiger partial charge in [0.2, 0.25) is 0 Å². The SMILES string of the molecule is COc1ccnc(C)c1CCC1(N)CC1. The van der Waals surface area contributed by atoms with Crippen LogP contribution >= 0.6 is 0 Å². The molecule has 2 rings (SSSR count). The number of ether oxygens (including phenoxy) is 1. The summed E-state index contributed by atoms with van der Waals surface area (Å²) in [4.78, 5) is 4.29. The van der Waals surface area contributed by atoms with Gasteiger partial charge in [0.05, 0.1) is 7.11 Å². The van der Waals surface area contributed by atoms with Crippen molar-refractivity contribution in [3.8, 4) is 5.75 Å². The van der Waals surface area contributed by atoms with Crippen LogP contribution in [0.3, 0.4) is 0 Å². The molecule has 82 valence electrons. The Hall–Kier alpha value is -1.09. The molecular formula is C12H18N2O. The number of nitrogens with zero attached hydrogens (tertiary/aromatic N) is 1. The van der Waals surface area contributed by atoms with Crippen molar-refractivity contribution in [3.63, 3.8) is 0 Å². The van der Waals surface area contributed by atoms with Gasteiger partial charge >= 0.3 is 0 Å². The van der Waals surface area contributed by atoms with E-state index in [4.69, 9.17) is 10.5 Å². The van der Waals surface area contributed by atoms with Crippen molar-refractivity contribution < 1.29 is 4.74 Å². The maximum atomic E-state index is 6.07. The van der Waals surface area contributed by atoms with E-state index in [-0.39, 0.29) is 5.54 Å². The van der Waals surface area contributed by atoms with Crippen LogP contribution in [0.15, 0.2) is 12.3 Å². The predicted molar refractivity (Wildman–Crippen MR) is 60.0 cm³/mol. The van der Waals surface area contributed by atoms with E-state index in [9.17, 15) is 0 Å². The van der Waals surface area contributed by atoms with Crippen LogP contribution in [0, 0.1) is 6.92 Å². The van der Waals surface area contributed by atoms with Gasteiger partial charge in [0.25, 0.3) is 0 Å². The topological polar surface area (TPSA) is 48.1 Å². The van der Waals surface area contributed by atoms with Crippen molar-refractivity contribution in [3.05, 3.63) is 23.5 Å². The fourth-order valence-electron chi connectivity index (χ4n) is 1.85. The van der Waals surface area contributed by atoms with Gasteiger partial charge in [-0.1, -0.05) is 0 Å². The number of aromatic nitrogens is 1. The highest BCUT2D eigenvalue weighted by molar-refractivity contribution is 5.35. The number of pyridine rings is 1. The van der Waals surface area contributed by atoms with E-state index in [1.807, 2.05) is 13.0 Å². The number of rotatable bonds is 4. The standard InChI is InChI=1S/C12H18N2O/c1-9-10(3-5-12(13)6-7-12)11(15-2)4-8-14-9/h4,8H,3,5-7,13H2,1-2H3. The second kappa shape index (κ2) is 3.81. The van der Waals surface area contributed by atoms with Crippen molar-refractivity contribution in [2.45, 2.75) is 38.1 Å². The van der Waals surface area contributed by atoms with Crippen LogP contribution in [0.2, 0.25) is 0 Å². The second-order valence-electron chi connectivity index (χ2n) is 4.44. The molecule has 0 saturated heterocycles. The van der Waals surface area contributed by atoms with E-state index in [2.05, 4.69) is 4.98 Å². The Balaban J connectivity index is 2.11. The van der Waals surface area contributed by atoms with E-state index in [0.717, 1.165) is 37.1 Å². The molecule has 1 heterocycles. The van der Waals surface area contributed by atoms with Crippen LogP contribution in [-0.4, -0.2) is 17.6 Å². The molecule has 1 saturated carbocycles. The molecule has 0 unspecified atom stereocenters. The van der Waals surface area contributed by atoms with Crippen molar-refractivity contribution >= 4 is 0 Å². The Labute approximate surface area is 90.7 Å². The quantitative estimate of drug-likeness (QED) is 0.817. The maximum Gasteiger partial charge on any atom is 0.125 e. The Bertz CT molecular complexity index is 359. The van der Waals surface area contributed by atoms with E-state index < -0.39 is 0 Å². The van der Waals surface area contributed by atoms with Gasteiger partial charge in [-0.25, -0.2) is 0 Å². The first-order chi connectivity index (χ1) is 7.14. The zero-order valence-corrected chi connectivity index (χ0v) is 9.42. The predicted octanol–water partition coefficient (Wildman–Crippen LogP) is 1.82. The number of nitrogens with two attached hydrogens (primary N) is 1. The summed E-state index contributed by atoms with van der Waals surface area (Å²) in [6.07, 6.45) is 6.12. The summed E-state index contributed by atoms with van der Waals surface area (Å²) in [5.74, 6) is 0.937. The monoisotopic (exact) mass is 206 g/mol. The van der Waals surface area contributed by atoms with Crippen LogP contribution in [0.1, 0.15) is 30.5 Å². The van der Waals surface area contributed by atoms with Gasteiger partial charge in [0, 0.05) is 23.0 Å². The van der Waals surface area contributed by atoms with Crippen molar-refractivity contribution in [2.24, 2.45) is 5.73 Å². The van der Waals surface area contributed by atoms with Gasteiger partial charge in [-0.05, 0) is 38.7 Å². The van der Waals surface area contributed by atoms with Gasteiger partial charge in [0.1, 0.15) is 5.75 Å². The Kier molecular flexibility index (Phi) is 2.65. The highest BCUT2D eigenvalue weighted by atomic mass is 16.5. The smallest absolute Gasteiger partial charge is 0.125 e. The molecule has 0 aromatic carbocycles. The first-order valence-electron chi connectivity index (χ1n) is 5.42. The molecule has 3 nitrogen and oxygen atoms in total. The number of methoxy groups -OCH3 is 1. The fourth-order valence-corrected chi connectivity index (χ4v) is 1.85. The highest BCUT2D eigenvalue weighted by Crippen LogP contribution is 2.37. The highest BCUT2D eigenvalue weighted by Gasteiger charge is 2.37. The largest absolute Gasteiger partial charge is 0.496 e. The molecule has 1 aliphatic carbocycles. The average molecular weight is 206 g/mol. The third-order valence-corrected chi connectivity index (χ3v) is 3.21. The lowest BCUT2D eigenvalue weighted by Crippen LogP contribution is -2.22. The minimum Gasteiger partial charge on any atom is -0.496 e. The molecule has 0 radical (unpaired) electrons. The number of aryl methyl sites for hydroxylation is 1. The average Bonchev–Trinajstić information content (AvgIpc) is 2.95. The number of hydrogen-bond acceptors (Lipinski definition) is 3. The zero-order chi connectivity index (χ0) is 10.9. The molecular weight excluding hydrogens is 188 g/mol. The summed E-state index contributed by atoms with van der Waals surface area (Å²) >= 11 is 0. The molecule has 1 aromatic rings. The molecule has 15 heavy (non-hydrogen) atoms. The van der Waals surface area contributed by atoms with E-state index in [1.165, 1.54) is 5.56 Å². The third-order valence-electron chi connectivity index (χ3n) is 3.21. The molecule has 3 heteroatoms. The third kappa shape index (κ3) is 2.29. The maximum absolute atomic E-state index is 6.07. The van der Waals surface area contributed by atoms with Crippen molar-refractivity contribution in [1.29, 1.82) is 0 Å². The molecule has 0 amide bonds. The Morgan fingerprint density at radius 3 is 2.87 bits per heavy atom. The molecule has 1 fully saturated rings. The van der Waals surface area contributed by atoms with Crippen LogP contribution < -0.4 is 10.5 Å². The van der Waals surface area contributed by atoms with Gasteiger partial charge in [-0.15, -0.1) is 0 Å². The van der Waals surface area contributed by atoms with E-state index >= 15 is 0 Å². The van der Waals surface area contributed by atoms with Gasteiger partial charge in [-0.3, -0.25) is 4.98 Å². The Morgan fingerprint density at radius 1 is 1.53 bits per heavy atom. The summed E-state index contributed by atoms with van der Waals surface area (Å²) in [5, 5.41) is 0. The molecule has 0 atom stereocenters. The van der Waals surface area contributed by atoms with Crippen LogP contribution in [0.25, 0.3) is 0 Å². The van der Waals surface area contributed by atoms with Gasteiger partial charge in [-0.2, -0.15) is 0 Å². The lowest BCUT2D eigenvalue weighted by Gasteiger charge is -2.13. The van der Waals surface area contributed by atoms with Crippen LogP contribution in [-0.2, 0) is 6.42 Å². The van der Waals surface area contributed by atoms with Crippen LogP contribution in [0.4, 0.5) is 0 Å². The van der Waals surface area contributed by atoms with E-state index in [0.29, 0.717) is 0 Å². The van der Waals surface area contributed by atoms with Gasteiger partial charge in [0.15, 0.2) is 0 Å². The van der Waals surface area contributed by atoms with E-state index in [1.54, 1.807) is 13.3 Å². The minimum atomic E-state index is 0.104. The summed E-state index contributed by atoms with van der Waals surface area (Å²) in [7, 11) is 1.70. The summed E-state index contributed by atoms with van der Waals surface area (Å²) < 4.78 is 5.33. The molecule has 0 spiro atoms.